The van der Waals surface area contributed by atoms with Crippen molar-refractivity contribution in [2.45, 2.75) is 43.6 Å². The second-order valence-electron chi connectivity index (χ2n) is 5.19. The van der Waals surface area contributed by atoms with E-state index in [1.54, 1.807) is 0 Å². The molecule has 90 valence electrons. The van der Waals surface area contributed by atoms with Crippen molar-refractivity contribution in [2.75, 3.05) is 11.5 Å². The molecule has 0 spiro atoms. The summed E-state index contributed by atoms with van der Waals surface area (Å²) in [6, 6.07) is 0. The van der Waals surface area contributed by atoms with E-state index in [0.717, 1.165) is 0 Å². The van der Waals surface area contributed by atoms with Gasteiger partial charge in [0.05, 0.1) is 10.9 Å². The van der Waals surface area contributed by atoms with E-state index in [2.05, 4.69) is 56.6 Å². The van der Waals surface area contributed by atoms with Gasteiger partial charge in [0.25, 0.3) is 0 Å². The highest BCUT2D eigenvalue weighted by atomic mass is 32.2. The molecule has 1 fully saturated rings. The molecule has 0 amide bonds. The topological polar surface area (TPSA) is 12.9 Å². The normalized spacial score (nSPS) is 27.0. The maximum atomic E-state index is 4.84. The van der Waals surface area contributed by atoms with Crippen molar-refractivity contribution in [1.29, 1.82) is 0 Å². The van der Waals surface area contributed by atoms with Crippen LogP contribution in [-0.4, -0.2) is 21.7 Å². The Bertz CT molecular complexity index is 353. The maximum absolute atomic E-state index is 4.84. The second-order valence-corrected chi connectivity index (χ2v) is 8.81. The number of nitrogens with zero attached hydrogens (tertiary/aromatic N) is 1. The van der Waals surface area contributed by atoms with E-state index in [0.29, 0.717) is 10.5 Å². The Morgan fingerprint density at radius 3 is 2.50 bits per heavy atom. The Hall–Kier alpha value is 0.330. The highest BCUT2D eigenvalue weighted by Gasteiger charge is 2.28. The van der Waals surface area contributed by atoms with Gasteiger partial charge < -0.3 is 0 Å². The smallest absolute Gasteiger partial charge is 0.107 e. The van der Waals surface area contributed by atoms with Gasteiger partial charge >= 0.3 is 0 Å². The summed E-state index contributed by atoms with van der Waals surface area (Å²) < 4.78 is 0. The Kier molecular flexibility index (Phi) is 3.92. The van der Waals surface area contributed by atoms with E-state index in [9.17, 15) is 0 Å². The van der Waals surface area contributed by atoms with E-state index >= 15 is 0 Å². The second kappa shape index (κ2) is 4.91. The minimum atomic E-state index is 0.185. The first-order valence-corrected chi connectivity index (χ1v) is 8.65. The largest absolute Gasteiger partial charge is 0.244 e. The minimum absolute atomic E-state index is 0.185. The fraction of sp³-hybridized carbons (Fsp3) is 0.750. The van der Waals surface area contributed by atoms with Crippen LogP contribution in [-0.2, 0) is 5.41 Å². The Labute approximate surface area is 111 Å². The number of hydrogen-bond donors (Lipinski definition) is 0. The summed E-state index contributed by atoms with van der Waals surface area (Å²) >= 11 is 6.00. The molecule has 2 unspecified atom stereocenters. The maximum Gasteiger partial charge on any atom is 0.107 e. The molecule has 0 N–H and O–H groups in total. The molecule has 0 saturated carbocycles. The summed E-state index contributed by atoms with van der Waals surface area (Å²) in [6.45, 7) is 9.04. The quantitative estimate of drug-likeness (QED) is 0.755. The van der Waals surface area contributed by atoms with Crippen LogP contribution in [0.15, 0.2) is 5.38 Å². The average molecular weight is 273 g/mol. The molecule has 0 radical (unpaired) electrons. The van der Waals surface area contributed by atoms with Gasteiger partial charge in [0.2, 0.25) is 0 Å². The number of hydrogen-bond acceptors (Lipinski definition) is 4. The first-order valence-electron chi connectivity index (χ1n) is 5.67. The highest BCUT2D eigenvalue weighted by molar-refractivity contribution is 8.06. The first-order chi connectivity index (χ1) is 7.48. The van der Waals surface area contributed by atoms with Crippen LogP contribution >= 0.6 is 34.9 Å². The summed E-state index contributed by atoms with van der Waals surface area (Å²) in [5.74, 6) is 2.56. The molecule has 2 atom stereocenters. The third-order valence-electron chi connectivity index (χ3n) is 2.72. The van der Waals surface area contributed by atoms with Gasteiger partial charge in [-0.2, -0.15) is 11.8 Å². The van der Waals surface area contributed by atoms with Crippen LogP contribution in [0, 0.1) is 0 Å². The number of aromatic nitrogens is 1. The zero-order chi connectivity index (χ0) is 11.8. The van der Waals surface area contributed by atoms with E-state index in [4.69, 9.17) is 4.98 Å². The minimum Gasteiger partial charge on any atom is -0.244 e. The van der Waals surface area contributed by atoms with Crippen LogP contribution in [0.1, 0.15) is 43.6 Å². The first kappa shape index (κ1) is 12.8. The van der Waals surface area contributed by atoms with Crippen LogP contribution < -0.4 is 0 Å². The highest BCUT2D eigenvalue weighted by Crippen LogP contribution is 2.43. The van der Waals surface area contributed by atoms with Gasteiger partial charge in [0.15, 0.2) is 0 Å². The lowest BCUT2D eigenvalue weighted by molar-refractivity contribution is 0.570. The molecular formula is C12H19NS3. The summed E-state index contributed by atoms with van der Waals surface area (Å²) in [6.07, 6.45) is 0. The molecule has 0 aromatic carbocycles. The third-order valence-corrected chi connectivity index (χ3v) is 6.90. The summed E-state index contributed by atoms with van der Waals surface area (Å²) in [7, 11) is 0. The SMILES string of the molecule is CC1SCCSC1c1nc(C(C)(C)C)cs1. The van der Waals surface area contributed by atoms with E-state index in [1.165, 1.54) is 22.2 Å². The Morgan fingerprint density at radius 1 is 1.25 bits per heavy atom. The van der Waals surface area contributed by atoms with Crippen molar-refractivity contribution in [3.8, 4) is 0 Å². The predicted molar refractivity (Wildman–Crippen MR) is 77.9 cm³/mol. The molecule has 0 aliphatic carbocycles. The molecule has 1 saturated heterocycles. The van der Waals surface area contributed by atoms with Crippen molar-refractivity contribution in [3.63, 3.8) is 0 Å². The number of rotatable bonds is 1. The fourth-order valence-corrected chi connectivity index (χ4v) is 5.89. The van der Waals surface area contributed by atoms with Crippen LogP contribution in [0.4, 0.5) is 0 Å². The summed E-state index contributed by atoms with van der Waals surface area (Å²) in [5, 5.41) is 4.88. The molecule has 1 aliphatic heterocycles. The van der Waals surface area contributed by atoms with Gasteiger partial charge in [-0.1, -0.05) is 27.7 Å². The fourth-order valence-electron chi connectivity index (χ4n) is 1.67. The van der Waals surface area contributed by atoms with E-state index in [1.807, 2.05) is 11.3 Å². The molecule has 4 heteroatoms. The molecule has 1 nitrogen and oxygen atoms in total. The van der Waals surface area contributed by atoms with Crippen molar-refractivity contribution in [2.24, 2.45) is 0 Å². The van der Waals surface area contributed by atoms with Crippen LogP contribution in [0.3, 0.4) is 0 Å². The molecule has 1 aliphatic rings. The van der Waals surface area contributed by atoms with Crippen molar-refractivity contribution in [3.05, 3.63) is 16.1 Å². The van der Waals surface area contributed by atoms with Crippen molar-refractivity contribution >= 4 is 34.9 Å². The lowest BCUT2D eigenvalue weighted by atomic mass is 9.93. The summed E-state index contributed by atoms with van der Waals surface area (Å²) in [5.41, 5.74) is 1.43. The Morgan fingerprint density at radius 2 is 1.94 bits per heavy atom. The predicted octanol–water partition coefficient (Wildman–Crippen LogP) is 4.35. The standard InChI is InChI=1S/C12H19NS3/c1-8-10(15-6-5-14-8)11-13-9(7-16-11)12(2,3)4/h7-8,10H,5-6H2,1-4H3. The Balaban J connectivity index is 2.18. The van der Waals surface area contributed by atoms with Gasteiger partial charge in [-0.25, -0.2) is 4.98 Å². The van der Waals surface area contributed by atoms with Gasteiger partial charge in [-0.05, 0) is 0 Å². The van der Waals surface area contributed by atoms with Crippen molar-refractivity contribution in [1.82, 2.24) is 4.98 Å². The molecular weight excluding hydrogens is 254 g/mol. The molecule has 1 aromatic heterocycles. The van der Waals surface area contributed by atoms with Gasteiger partial charge in [0.1, 0.15) is 5.01 Å². The van der Waals surface area contributed by atoms with E-state index in [-0.39, 0.29) is 5.41 Å². The lowest BCUT2D eigenvalue weighted by Crippen LogP contribution is -2.17. The molecule has 16 heavy (non-hydrogen) atoms. The third kappa shape index (κ3) is 2.77. The van der Waals surface area contributed by atoms with Crippen LogP contribution in [0.2, 0.25) is 0 Å². The molecule has 2 heterocycles. The van der Waals surface area contributed by atoms with Gasteiger partial charge in [-0.15, -0.1) is 23.1 Å². The van der Waals surface area contributed by atoms with E-state index < -0.39 is 0 Å². The van der Waals surface area contributed by atoms with Gasteiger partial charge in [-0.3, -0.25) is 0 Å². The average Bonchev–Trinajstić information content (AvgIpc) is 2.66. The monoisotopic (exact) mass is 273 g/mol. The zero-order valence-corrected chi connectivity index (χ0v) is 12.8. The molecule has 1 aromatic rings. The van der Waals surface area contributed by atoms with Crippen molar-refractivity contribution < 1.29 is 0 Å². The van der Waals surface area contributed by atoms with Crippen LogP contribution in [0.5, 0.6) is 0 Å². The lowest BCUT2D eigenvalue weighted by Gasteiger charge is -2.26. The number of thiazole rings is 1. The molecule has 2 rings (SSSR count). The summed E-state index contributed by atoms with van der Waals surface area (Å²) in [4.78, 5) is 4.84. The molecule has 0 bridgehead atoms. The van der Waals surface area contributed by atoms with Gasteiger partial charge in [0, 0.05) is 27.6 Å². The van der Waals surface area contributed by atoms with Crippen LogP contribution in [0.25, 0.3) is 0 Å². The zero-order valence-electron chi connectivity index (χ0n) is 10.3. The number of thioether (sulfide) groups is 2.